The number of hydrogen-bond acceptors (Lipinski definition) is 3. The number of nitrogens with zero attached hydrogens (tertiary/aromatic N) is 1. The van der Waals surface area contributed by atoms with Crippen LogP contribution in [0.1, 0.15) is 34.1 Å². The van der Waals surface area contributed by atoms with Gasteiger partial charge in [0, 0.05) is 25.7 Å². The molecule has 3 heteroatoms. The van der Waals surface area contributed by atoms with Crippen molar-refractivity contribution in [3.05, 3.63) is 0 Å². The quantitative estimate of drug-likeness (QED) is 0.640. The van der Waals surface area contributed by atoms with E-state index < -0.39 is 0 Å². The van der Waals surface area contributed by atoms with E-state index in [1.807, 2.05) is 0 Å². The molecule has 0 heterocycles. The number of aliphatic hydroxyl groups is 1. The summed E-state index contributed by atoms with van der Waals surface area (Å²) < 4.78 is 0. The molecule has 0 radical (unpaired) electrons. The molecule has 0 saturated carbocycles. The van der Waals surface area contributed by atoms with Crippen molar-refractivity contribution >= 4 is 12.6 Å². The van der Waals surface area contributed by atoms with Crippen LogP contribution in [-0.4, -0.2) is 41.5 Å². The predicted molar refractivity (Wildman–Crippen MR) is 66.0 cm³/mol. The zero-order valence-electron chi connectivity index (χ0n) is 9.95. The van der Waals surface area contributed by atoms with Gasteiger partial charge < -0.3 is 10.0 Å². The van der Waals surface area contributed by atoms with Crippen LogP contribution in [0.25, 0.3) is 0 Å². The lowest BCUT2D eigenvalue weighted by Gasteiger charge is -2.34. The Morgan fingerprint density at radius 1 is 1.36 bits per heavy atom. The van der Waals surface area contributed by atoms with Crippen molar-refractivity contribution in [3.63, 3.8) is 0 Å². The maximum Gasteiger partial charge on any atom is 0.0443 e. The van der Waals surface area contributed by atoms with Gasteiger partial charge in [0.15, 0.2) is 0 Å². The second-order valence-corrected chi connectivity index (χ2v) is 5.28. The van der Waals surface area contributed by atoms with E-state index in [4.69, 9.17) is 5.11 Å². The fraction of sp³-hybridized carbons (Fsp3) is 1.00. The number of thiol groups is 1. The van der Waals surface area contributed by atoms with Crippen molar-refractivity contribution in [2.75, 3.05) is 25.4 Å². The molecule has 0 atom stereocenters. The van der Waals surface area contributed by atoms with Crippen molar-refractivity contribution in [2.24, 2.45) is 5.41 Å². The Hall–Kier alpha value is 0.270. The first-order valence-electron chi connectivity index (χ1n) is 5.38. The Morgan fingerprint density at radius 3 is 2.29 bits per heavy atom. The van der Waals surface area contributed by atoms with Crippen molar-refractivity contribution in [3.8, 4) is 0 Å². The maximum atomic E-state index is 8.81. The van der Waals surface area contributed by atoms with Crippen LogP contribution in [0.2, 0.25) is 0 Å². The number of aliphatic hydroxyl groups excluding tert-OH is 1. The van der Waals surface area contributed by atoms with Crippen LogP contribution >= 0.6 is 12.6 Å². The molecule has 0 amide bonds. The SMILES string of the molecule is CC(C)N(CCCO)CC(C)(C)CS. The zero-order valence-corrected chi connectivity index (χ0v) is 10.8. The summed E-state index contributed by atoms with van der Waals surface area (Å²) in [7, 11) is 0. The van der Waals surface area contributed by atoms with Crippen molar-refractivity contribution in [2.45, 2.75) is 40.2 Å². The Labute approximate surface area is 94.1 Å². The van der Waals surface area contributed by atoms with Gasteiger partial charge in [-0.15, -0.1) is 0 Å². The fourth-order valence-corrected chi connectivity index (χ4v) is 1.49. The first kappa shape index (κ1) is 14.3. The fourth-order valence-electron chi connectivity index (χ4n) is 1.39. The molecule has 86 valence electrons. The van der Waals surface area contributed by atoms with Gasteiger partial charge >= 0.3 is 0 Å². The normalized spacial score (nSPS) is 12.9. The van der Waals surface area contributed by atoms with Crippen LogP contribution in [0.5, 0.6) is 0 Å². The third-order valence-electron chi connectivity index (χ3n) is 2.39. The van der Waals surface area contributed by atoms with E-state index in [2.05, 4.69) is 45.2 Å². The smallest absolute Gasteiger partial charge is 0.0443 e. The molecule has 0 saturated heterocycles. The van der Waals surface area contributed by atoms with Crippen molar-refractivity contribution in [1.82, 2.24) is 4.90 Å². The van der Waals surface area contributed by atoms with Crippen LogP contribution in [0.4, 0.5) is 0 Å². The van der Waals surface area contributed by atoms with Gasteiger partial charge in [0.05, 0.1) is 0 Å². The highest BCUT2D eigenvalue weighted by Gasteiger charge is 2.21. The minimum Gasteiger partial charge on any atom is -0.396 e. The van der Waals surface area contributed by atoms with Crippen LogP contribution in [-0.2, 0) is 0 Å². The monoisotopic (exact) mass is 219 g/mol. The molecule has 0 aliphatic heterocycles. The van der Waals surface area contributed by atoms with E-state index in [1.54, 1.807) is 0 Å². The van der Waals surface area contributed by atoms with Gasteiger partial charge in [-0.05, 0) is 31.4 Å². The Kier molecular flexibility index (Phi) is 6.83. The molecule has 2 nitrogen and oxygen atoms in total. The molecule has 0 spiro atoms. The van der Waals surface area contributed by atoms with Gasteiger partial charge in [-0.3, -0.25) is 0 Å². The second kappa shape index (κ2) is 6.70. The van der Waals surface area contributed by atoms with E-state index in [0.717, 1.165) is 25.3 Å². The highest BCUT2D eigenvalue weighted by molar-refractivity contribution is 7.80. The summed E-state index contributed by atoms with van der Waals surface area (Å²) in [5, 5.41) is 8.81. The summed E-state index contributed by atoms with van der Waals surface area (Å²) in [6.45, 7) is 11.2. The summed E-state index contributed by atoms with van der Waals surface area (Å²) in [5.74, 6) is 0.898. The van der Waals surface area contributed by atoms with E-state index in [-0.39, 0.29) is 12.0 Å². The minimum absolute atomic E-state index is 0.253. The topological polar surface area (TPSA) is 23.5 Å². The van der Waals surface area contributed by atoms with E-state index in [1.165, 1.54) is 0 Å². The lowest BCUT2D eigenvalue weighted by Crippen LogP contribution is -2.40. The molecule has 0 aliphatic rings. The third-order valence-corrected chi connectivity index (χ3v) is 3.25. The van der Waals surface area contributed by atoms with E-state index in [0.29, 0.717) is 6.04 Å². The van der Waals surface area contributed by atoms with Crippen LogP contribution in [0.3, 0.4) is 0 Å². The van der Waals surface area contributed by atoms with Gasteiger partial charge in [0.2, 0.25) is 0 Å². The predicted octanol–water partition coefficient (Wildman–Crippen LogP) is 2.04. The number of rotatable bonds is 7. The van der Waals surface area contributed by atoms with Gasteiger partial charge in [0.25, 0.3) is 0 Å². The molecule has 1 N–H and O–H groups in total. The molecule has 0 rings (SSSR count). The molecule has 0 aromatic carbocycles. The molecule has 14 heavy (non-hydrogen) atoms. The molecule has 0 aromatic heterocycles. The minimum atomic E-state index is 0.253. The van der Waals surface area contributed by atoms with Crippen LogP contribution in [0.15, 0.2) is 0 Å². The summed E-state index contributed by atoms with van der Waals surface area (Å²) in [6, 6.07) is 0.542. The third kappa shape index (κ3) is 5.89. The first-order valence-corrected chi connectivity index (χ1v) is 6.02. The van der Waals surface area contributed by atoms with Crippen LogP contribution in [0, 0.1) is 5.41 Å². The lowest BCUT2D eigenvalue weighted by molar-refractivity contribution is 0.143. The molecule has 0 bridgehead atoms. The summed E-state index contributed by atoms with van der Waals surface area (Å²) >= 11 is 4.36. The summed E-state index contributed by atoms with van der Waals surface area (Å²) in [5.41, 5.74) is 0.253. The Bertz CT molecular complexity index is 148. The number of hydrogen-bond donors (Lipinski definition) is 2. The second-order valence-electron chi connectivity index (χ2n) is 4.96. The maximum absolute atomic E-state index is 8.81. The Morgan fingerprint density at radius 2 is 1.93 bits per heavy atom. The first-order chi connectivity index (χ1) is 6.43. The molecular weight excluding hydrogens is 194 g/mol. The average molecular weight is 219 g/mol. The Balaban J connectivity index is 4.08. The summed E-state index contributed by atoms with van der Waals surface area (Å²) in [4.78, 5) is 2.41. The standard InChI is InChI=1S/C11H25NOS/c1-10(2)12(6-5-7-13)8-11(3,4)9-14/h10,13-14H,5-9H2,1-4H3. The van der Waals surface area contributed by atoms with E-state index in [9.17, 15) is 0 Å². The lowest BCUT2D eigenvalue weighted by atomic mass is 9.95. The average Bonchev–Trinajstić information content (AvgIpc) is 2.12. The molecule has 0 fully saturated rings. The summed E-state index contributed by atoms with van der Waals surface area (Å²) in [6.07, 6.45) is 0.862. The van der Waals surface area contributed by atoms with Crippen molar-refractivity contribution < 1.29 is 5.11 Å². The molecule has 0 aromatic rings. The van der Waals surface area contributed by atoms with Crippen molar-refractivity contribution in [1.29, 1.82) is 0 Å². The van der Waals surface area contributed by atoms with Gasteiger partial charge in [-0.1, -0.05) is 13.8 Å². The molecule has 0 unspecified atom stereocenters. The van der Waals surface area contributed by atoms with Crippen LogP contribution < -0.4 is 0 Å². The van der Waals surface area contributed by atoms with E-state index >= 15 is 0 Å². The zero-order chi connectivity index (χ0) is 11.2. The highest BCUT2D eigenvalue weighted by Crippen LogP contribution is 2.19. The van der Waals surface area contributed by atoms with Gasteiger partial charge in [-0.2, -0.15) is 12.6 Å². The molecule has 0 aliphatic carbocycles. The highest BCUT2D eigenvalue weighted by atomic mass is 32.1. The van der Waals surface area contributed by atoms with Gasteiger partial charge in [-0.25, -0.2) is 0 Å². The van der Waals surface area contributed by atoms with Gasteiger partial charge in [0.1, 0.15) is 0 Å². The molecular formula is C11H25NOS. The largest absolute Gasteiger partial charge is 0.396 e.